The van der Waals surface area contributed by atoms with Crippen LogP contribution in [0.5, 0.6) is 0 Å². The Hall–Kier alpha value is -2.67. The number of benzene rings is 3. The smallest absolute Gasteiger partial charge is 0.0786 e. The highest BCUT2D eigenvalue weighted by atomic mass is 14.7. The summed E-state index contributed by atoms with van der Waals surface area (Å²) >= 11 is 0. The summed E-state index contributed by atoms with van der Waals surface area (Å²) in [6.45, 7) is 6.75. The SMILES string of the molecule is CC(C)(C)c1ccc2c(-c3cccc4ccccc34)nccc2c1. The molecule has 0 aliphatic heterocycles. The first-order valence-corrected chi connectivity index (χ1v) is 8.41. The van der Waals surface area contributed by atoms with Crippen LogP contribution >= 0.6 is 0 Å². The van der Waals surface area contributed by atoms with E-state index in [1.54, 1.807) is 0 Å². The number of nitrogens with zero attached hydrogens (tertiary/aromatic N) is 1. The van der Waals surface area contributed by atoms with Gasteiger partial charge in [-0.1, -0.05) is 81.4 Å². The Labute approximate surface area is 143 Å². The molecular formula is C23H21N. The molecule has 4 rings (SSSR count). The molecule has 0 saturated carbocycles. The molecule has 0 saturated heterocycles. The second kappa shape index (κ2) is 5.45. The van der Waals surface area contributed by atoms with Crippen molar-refractivity contribution in [2.45, 2.75) is 26.2 Å². The molecule has 0 fully saturated rings. The number of pyridine rings is 1. The van der Waals surface area contributed by atoms with Crippen LogP contribution in [0, 0.1) is 0 Å². The van der Waals surface area contributed by atoms with Crippen molar-refractivity contribution in [2.24, 2.45) is 0 Å². The van der Waals surface area contributed by atoms with Gasteiger partial charge >= 0.3 is 0 Å². The average Bonchev–Trinajstić information content (AvgIpc) is 2.59. The molecule has 0 aliphatic rings. The van der Waals surface area contributed by atoms with E-state index >= 15 is 0 Å². The summed E-state index contributed by atoms with van der Waals surface area (Å²) in [7, 11) is 0. The molecule has 0 amide bonds. The maximum Gasteiger partial charge on any atom is 0.0786 e. The highest BCUT2D eigenvalue weighted by Gasteiger charge is 2.15. The lowest BCUT2D eigenvalue weighted by Crippen LogP contribution is -2.10. The van der Waals surface area contributed by atoms with Gasteiger partial charge in [0.2, 0.25) is 0 Å². The molecule has 0 spiro atoms. The Balaban J connectivity index is 2.00. The van der Waals surface area contributed by atoms with Gasteiger partial charge in [-0.15, -0.1) is 0 Å². The summed E-state index contributed by atoms with van der Waals surface area (Å²) in [5.41, 5.74) is 3.76. The molecule has 4 aromatic rings. The van der Waals surface area contributed by atoms with Crippen molar-refractivity contribution in [3.05, 3.63) is 78.5 Å². The Morgan fingerprint density at radius 1 is 0.708 bits per heavy atom. The lowest BCUT2D eigenvalue weighted by atomic mass is 9.85. The summed E-state index contributed by atoms with van der Waals surface area (Å²) in [6, 6.07) is 23.8. The first-order chi connectivity index (χ1) is 11.5. The summed E-state index contributed by atoms with van der Waals surface area (Å²) in [5.74, 6) is 0. The molecule has 1 heteroatoms. The third-order valence-corrected chi connectivity index (χ3v) is 4.68. The molecule has 118 valence electrons. The Kier molecular flexibility index (Phi) is 3.38. The molecule has 3 aromatic carbocycles. The minimum Gasteiger partial charge on any atom is -0.256 e. The van der Waals surface area contributed by atoms with Gasteiger partial charge < -0.3 is 0 Å². The zero-order chi connectivity index (χ0) is 16.7. The molecule has 1 nitrogen and oxygen atoms in total. The first kappa shape index (κ1) is 14.9. The molecule has 0 N–H and O–H groups in total. The predicted molar refractivity (Wildman–Crippen MR) is 103 cm³/mol. The lowest BCUT2D eigenvalue weighted by Gasteiger charge is -2.20. The van der Waals surface area contributed by atoms with Crippen LogP contribution in [-0.4, -0.2) is 4.98 Å². The van der Waals surface area contributed by atoms with Gasteiger partial charge in [0.25, 0.3) is 0 Å². The zero-order valence-corrected chi connectivity index (χ0v) is 14.4. The topological polar surface area (TPSA) is 12.9 Å². The fourth-order valence-corrected chi connectivity index (χ4v) is 3.29. The van der Waals surface area contributed by atoms with Crippen LogP contribution in [0.1, 0.15) is 26.3 Å². The van der Waals surface area contributed by atoms with Crippen molar-refractivity contribution in [1.82, 2.24) is 4.98 Å². The van der Waals surface area contributed by atoms with Crippen molar-refractivity contribution in [1.29, 1.82) is 0 Å². The van der Waals surface area contributed by atoms with Gasteiger partial charge in [0.15, 0.2) is 0 Å². The third-order valence-electron chi connectivity index (χ3n) is 4.68. The van der Waals surface area contributed by atoms with E-state index < -0.39 is 0 Å². The molecule has 0 atom stereocenters. The number of hydrogen-bond donors (Lipinski definition) is 0. The van der Waals surface area contributed by atoms with Gasteiger partial charge in [0.05, 0.1) is 5.69 Å². The Bertz CT molecular complexity index is 1030. The highest BCUT2D eigenvalue weighted by Crippen LogP contribution is 2.34. The predicted octanol–water partition coefficient (Wildman–Crippen LogP) is 6.35. The molecule has 0 aliphatic carbocycles. The number of aromatic nitrogens is 1. The van der Waals surface area contributed by atoms with Crippen LogP contribution < -0.4 is 0 Å². The van der Waals surface area contributed by atoms with Crippen LogP contribution in [0.4, 0.5) is 0 Å². The Morgan fingerprint density at radius 2 is 1.50 bits per heavy atom. The standard InChI is InChI=1S/C23H21N/c1-23(2,3)18-11-12-20-17(15-18)13-14-24-22(20)21-10-6-8-16-7-4-5-9-19(16)21/h4-15H,1-3H3. The second-order valence-corrected chi connectivity index (χ2v) is 7.37. The minimum atomic E-state index is 0.150. The zero-order valence-electron chi connectivity index (χ0n) is 14.4. The number of rotatable bonds is 1. The lowest BCUT2D eigenvalue weighted by molar-refractivity contribution is 0.591. The van der Waals surface area contributed by atoms with Gasteiger partial charge in [-0.25, -0.2) is 0 Å². The third kappa shape index (κ3) is 2.46. The summed E-state index contributed by atoms with van der Waals surface area (Å²) in [5, 5.41) is 4.96. The van der Waals surface area contributed by atoms with Crippen molar-refractivity contribution < 1.29 is 0 Å². The van der Waals surface area contributed by atoms with Crippen molar-refractivity contribution in [3.63, 3.8) is 0 Å². The van der Waals surface area contributed by atoms with E-state index in [-0.39, 0.29) is 5.41 Å². The van der Waals surface area contributed by atoms with Crippen LogP contribution in [0.15, 0.2) is 72.9 Å². The molecule has 1 heterocycles. The van der Waals surface area contributed by atoms with Crippen molar-refractivity contribution in [3.8, 4) is 11.3 Å². The van der Waals surface area contributed by atoms with Gasteiger partial charge in [-0.3, -0.25) is 4.98 Å². The minimum absolute atomic E-state index is 0.150. The van der Waals surface area contributed by atoms with Crippen LogP contribution in [0.2, 0.25) is 0 Å². The second-order valence-electron chi connectivity index (χ2n) is 7.37. The average molecular weight is 311 g/mol. The summed E-state index contributed by atoms with van der Waals surface area (Å²) < 4.78 is 0. The fraction of sp³-hybridized carbons (Fsp3) is 0.174. The first-order valence-electron chi connectivity index (χ1n) is 8.41. The number of hydrogen-bond acceptors (Lipinski definition) is 1. The van der Waals surface area contributed by atoms with E-state index in [2.05, 4.69) is 87.5 Å². The molecule has 1 aromatic heterocycles. The van der Waals surface area contributed by atoms with E-state index in [1.807, 2.05) is 6.20 Å². The van der Waals surface area contributed by atoms with Gasteiger partial charge in [0.1, 0.15) is 0 Å². The highest BCUT2D eigenvalue weighted by molar-refractivity contribution is 6.03. The largest absolute Gasteiger partial charge is 0.256 e. The van der Waals surface area contributed by atoms with E-state index in [0.717, 1.165) is 5.69 Å². The molecule has 24 heavy (non-hydrogen) atoms. The molecule has 0 unspecified atom stereocenters. The Morgan fingerprint density at radius 3 is 2.33 bits per heavy atom. The van der Waals surface area contributed by atoms with Crippen LogP contribution in [-0.2, 0) is 5.41 Å². The van der Waals surface area contributed by atoms with E-state index in [4.69, 9.17) is 4.98 Å². The fourth-order valence-electron chi connectivity index (χ4n) is 3.29. The summed E-state index contributed by atoms with van der Waals surface area (Å²) in [4.78, 5) is 4.72. The van der Waals surface area contributed by atoms with Gasteiger partial charge in [-0.2, -0.15) is 0 Å². The molecular weight excluding hydrogens is 290 g/mol. The number of fused-ring (bicyclic) bond motifs is 2. The maximum absolute atomic E-state index is 4.72. The van der Waals surface area contributed by atoms with Gasteiger partial charge in [0, 0.05) is 17.1 Å². The van der Waals surface area contributed by atoms with E-state index in [0.29, 0.717) is 0 Å². The van der Waals surface area contributed by atoms with Crippen molar-refractivity contribution in [2.75, 3.05) is 0 Å². The van der Waals surface area contributed by atoms with Crippen molar-refractivity contribution >= 4 is 21.5 Å². The molecule has 0 radical (unpaired) electrons. The maximum atomic E-state index is 4.72. The summed E-state index contributed by atoms with van der Waals surface area (Å²) in [6.07, 6.45) is 1.92. The monoisotopic (exact) mass is 311 g/mol. The molecule has 0 bridgehead atoms. The normalized spacial score (nSPS) is 12.0. The van der Waals surface area contributed by atoms with Crippen LogP contribution in [0.25, 0.3) is 32.8 Å². The van der Waals surface area contributed by atoms with Crippen LogP contribution in [0.3, 0.4) is 0 Å². The van der Waals surface area contributed by atoms with Gasteiger partial charge in [-0.05, 0) is 33.2 Å². The van der Waals surface area contributed by atoms with E-state index in [9.17, 15) is 0 Å². The van der Waals surface area contributed by atoms with E-state index in [1.165, 1.54) is 32.7 Å². The quantitative estimate of drug-likeness (QED) is 0.399.